The average molecular weight is 337 g/mol. The van der Waals surface area contributed by atoms with Gasteiger partial charge in [-0.25, -0.2) is 9.97 Å². The Kier molecular flexibility index (Phi) is 3.66. The van der Waals surface area contributed by atoms with Gasteiger partial charge in [0.05, 0.1) is 23.6 Å². The molecule has 2 N–H and O–H groups in total. The number of aryl methyl sites for hydroxylation is 1. The summed E-state index contributed by atoms with van der Waals surface area (Å²) in [5.74, 6) is 2.28. The SMILES string of the molecule is CSc1cc(-n2nccc2Nc2cccc3[nH]ncc23)nc(C)n1. The van der Waals surface area contributed by atoms with Gasteiger partial charge in [-0.1, -0.05) is 6.07 Å². The molecule has 7 nitrogen and oxygen atoms in total. The van der Waals surface area contributed by atoms with Crippen LogP contribution in [0.2, 0.25) is 0 Å². The molecule has 0 radical (unpaired) electrons. The summed E-state index contributed by atoms with van der Waals surface area (Å²) in [6.45, 7) is 1.88. The van der Waals surface area contributed by atoms with E-state index in [2.05, 4.69) is 30.6 Å². The van der Waals surface area contributed by atoms with Crippen molar-refractivity contribution in [2.45, 2.75) is 11.9 Å². The number of aromatic nitrogens is 6. The zero-order chi connectivity index (χ0) is 16.5. The average Bonchev–Trinajstić information content (AvgIpc) is 3.23. The lowest BCUT2D eigenvalue weighted by atomic mass is 10.2. The minimum Gasteiger partial charge on any atom is -0.339 e. The number of nitrogens with zero attached hydrogens (tertiary/aromatic N) is 5. The summed E-state index contributed by atoms with van der Waals surface area (Å²) in [6, 6.07) is 9.81. The summed E-state index contributed by atoms with van der Waals surface area (Å²) in [5.41, 5.74) is 1.94. The number of anilines is 2. The van der Waals surface area contributed by atoms with Gasteiger partial charge >= 0.3 is 0 Å². The van der Waals surface area contributed by atoms with Crippen molar-refractivity contribution in [3.63, 3.8) is 0 Å². The Hall–Kier alpha value is -2.87. The number of H-pyrrole nitrogens is 1. The maximum atomic E-state index is 4.50. The van der Waals surface area contributed by atoms with Crippen molar-refractivity contribution in [3.05, 3.63) is 48.5 Å². The number of aromatic amines is 1. The van der Waals surface area contributed by atoms with Gasteiger partial charge in [0, 0.05) is 17.5 Å². The minimum absolute atomic E-state index is 0.718. The van der Waals surface area contributed by atoms with Gasteiger partial charge < -0.3 is 5.32 Å². The molecule has 120 valence electrons. The summed E-state index contributed by atoms with van der Waals surface area (Å²) >= 11 is 1.58. The van der Waals surface area contributed by atoms with Crippen molar-refractivity contribution in [1.29, 1.82) is 0 Å². The van der Waals surface area contributed by atoms with Crippen molar-refractivity contribution in [2.75, 3.05) is 11.6 Å². The Morgan fingerprint density at radius 3 is 3.00 bits per heavy atom. The van der Waals surface area contributed by atoms with Gasteiger partial charge in [0.1, 0.15) is 16.7 Å². The molecular weight excluding hydrogens is 322 g/mol. The van der Waals surface area contributed by atoms with Crippen LogP contribution in [0.5, 0.6) is 0 Å². The first-order valence-corrected chi connectivity index (χ1v) is 8.60. The quantitative estimate of drug-likeness (QED) is 0.439. The zero-order valence-corrected chi connectivity index (χ0v) is 14.0. The summed E-state index contributed by atoms with van der Waals surface area (Å²) in [6.07, 6.45) is 5.54. The topological polar surface area (TPSA) is 84.3 Å². The van der Waals surface area contributed by atoms with Crippen LogP contribution in [0.3, 0.4) is 0 Å². The molecule has 0 bridgehead atoms. The highest BCUT2D eigenvalue weighted by Crippen LogP contribution is 2.26. The van der Waals surface area contributed by atoms with Crippen LogP contribution in [-0.4, -0.2) is 36.2 Å². The van der Waals surface area contributed by atoms with E-state index in [0.717, 1.165) is 39.1 Å². The van der Waals surface area contributed by atoms with Crippen LogP contribution in [0.1, 0.15) is 5.82 Å². The highest BCUT2D eigenvalue weighted by atomic mass is 32.2. The van der Waals surface area contributed by atoms with Gasteiger partial charge in [-0.3, -0.25) is 5.10 Å². The molecule has 0 spiro atoms. The molecule has 0 aliphatic carbocycles. The Balaban J connectivity index is 1.76. The van der Waals surface area contributed by atoms with Crippen molar-refractivity contribution in [1.82, 2.24) is 29.9 Å². The number of hydrogen-bond donors (Lipinski definition) is 2. The minimum atomic E-state index is 0.718. The molecule has 1 aromatic carbocycles. The predicted molar refractivity (Wildman–Crippen MR) is 95.0 cm³/mol. The van der Waals surface area contributed by atoms with E-state index in [0.29, 0.717) is 0 Å². The zero-order valence-electron chi connectivity index (χ0n) is 13.2. The van der Waals surface area contributed by atoms with E-state index in [1.807, 2.05) is 43.5 Å². The molecular formula is C16H15N7S. The second-order valence-electron chi connectivity index (χ2n) is 5.21. The molecule has 24 heavy (non-hydrogen) atoms. The Morgan fingerprint density at radius 1 is 1.21 bits per heavy atom. The lowest BCUT2D eigenvalue weighted by Crippen LogP contribution is -2.06. The molecule has 0 unspecified atom stereocenters. The van der Waals surface area contributed by atoms with Crippen LogP contribution in [0.15, 0.2) is 47.8 Å². The molecule has 0 aliphatic heterocycles. The molecule has 0 fully saturated rings. The standard InChI is InChI=1S/C16H15N7S/c1-10-19-15(8-16(20-10)24-2)23-14(6-7-18-23)21-12-4-3-5-13-11(12)9-17-22-13/h3-9,21H,1-2H3,(H,17,22). The van der Waals surface area contributed by atoms with Crippen LogP contribution in [0.25, 0.3) is 16.7 Å². The smallest absolute Gasteiger partial charge is 0.160 e. The fourth-order valence-corrected chi connectivity index (χ4v) is 2.98. The van der Waals surface area contributed by atoms with Crippen molar-refractivity contribution in [3.8, 4) is 5.82 Å². The Labute approximate surface area is 142 Å². The summed E-state index contributed by atoms with van der Waals surface area (Å²) in [7, 11) is 0. The van der Waals surface area contributed by atoms with Crippen LogP contribution in [0.4, 0.5) is 11.5 Å². The van der Waals surface area contributed by atoms with Crippen molar-refractivity contribution < 1.29 is 0 Å². The van der Waals surface area contributed by atoms with E-state index in [9.17, 15) is 0 Å². The first kappa shape index (κ1) is 14.7. The highest BCUT2D eigenvalue weighted by Gasteiger charge is 2.11. The Morgan fingerprint density at radius 2 is 2.12 bits per heavy atom. The maximum absolute atomic E-state index is 4.50. The number of hydrogen-bond acceptors (Lipinski definition) is 6. The van der Waals surface area contributed by atoms with Crippen LogP contribution in [-0.2, 0) is 0 Å². The number of thioether (sulfide) groups is 1. The molecule has 8 heteroatoms. The molecule has 0 amide bonds. The van der Waals surface area contributed by atoms with Gasteiger partial charge in [0.25, 0.3) is 0 Å². The second kappa shape index (κ2) is 5.97. The second-order valence-corrected chi connectivity index (χ2v) is 6.03. The third-order valence-corrected chi connectivity index (χ3v) is 4.24. The monoisotopic (exact) mass is 337 g/mol. The van der Waals surface area contributed by atoms with Gasteiger partial charge in [-0.2, -0.15) is 14.9 Å². The van der Waals surface area contributed by atoms with Gasteiger partial charge in [-0.05, 0) is 25.3 Å². The van der Waals surface area contributed by atoms with E-state index >= 15 is 0 Å². The summed E-state index contributed by atoms with van der Waals surface area (Å²) in [5, 5.41) is 16.8. The van der Waals surface area contributed by atoms with E-state index in [1.54, 1.807) is 28.8 Å². The molecule has 0 aliphatic rings. The van der Waals surface area contributed by atoms with Crippen molar-refractivity contribution in [2.24, 2.45) is 0 Å². The first-order chi connectivity index (χ1) is 11.7. The fraction of sp³-hybridized carbons (Fsp3) is 0.125. The number of rotatable bonds is 4. The maximum Gasteiger partial charge on any atom is 0.160 e. The van der Waals surface area contributed by atoms with Gasteiger partial charge in [0.15, 0.2) is 5.82 Å². The lowest BCUT2D eigenvalue weighted by Gasteiger charge is -2.11. The third kappa shape index (κ3) is 2.61. The van der Waals surface area contributed by atoms with Crippen LogP contribution < -0.4 is 5.32 Å². The summed E-state index contributed by atoms with van der Waals surface area (Å²) < 4.78 is 1.77. The lowest BCUT2D eigenvalue weighted by molar-refractivity contribution is 0.818. The third-order valence-electron chi connectivity index (χ3n) is 3.62. The highest BCUT2D eigenvalue weighted by molar-refractivity contribution is 7.98. The summed E-state index contributed by atoms with van der Waals surface area (Å²) in [4.78, 5) is 8.88. The van der Waals surface area contributed by atoms with Gasteiger partial charge in [0.2, 0.25) is 0 Å². The molecule has 0 saturated carbocycles. The number of nitrogens with one attached hydrogen (secondary N) is 2. The fourth-order valence-electron chi connectivity index (χ4n) is 2.53. The molecule has 4 aromatic rings. The van der Waals surface area contributed by atoms with E-state index in [1.165, 1.54) is 0 Å². The molecule has 3 heterocycles. The van der Waals surface area contributed by atoms with E-state index < -0.39 is 0 Å². The predicted octanol–water partition coefficient (Wildman–Crippen LogP) is 3.31. The van der Waals surface area contributed by atoms with E-state index in [-0.39, 0.29) is 0 Å². The number of fused-ring (bicyclic) bond motifs is 1. The van der Waals surface area contributed by atoms with Crippen LogP contribution in [0, 0.1) is 6.92 Å². The largest absolute Gasteiger partial charge is 0.339 e. The molecule has 0 atom stereocenters. The molecule has 3 aromatic heterocycles. The van der Waals surface area contributed by atoms with Crippen molar-refractivity contribution >= 4 is 34.2 Å². The first-order valence-electron chi connectivity index (χ1n) is 7.38. The van der Waals surface area contributed by atoms with Gasteiger partial charge in [-0.15, -0.1) is 11.8 Å². The normalized spacial score (nSPS) is 11.1. The molecule has 4 rings (SSSR count). The van der Waals surface area contributed by atoms with E-state index in [4.69, 9.17) is 0 Å². The Bertz CT molecular complexity index is 1000. The molecule has 0 saturated heterocycles. The van der Waals surface area contributed by atoms with Crippen LogP contribution >= 0.6 is 11.8 Å². The number of benzene rings is 1.